The third-order valence-electron chi connectivity index (χ3n) is 5.45. The van der Waals surface area contributed by atoms with Gasteiger partial charge in [-0.05, 0) is 50.7 Å². The normalized spacial score (nSPS) is 18.2. The van der Waals surface area contributed by atoms with Crippen LogP contribution in [-0.2, 0) is 15.0 Å². The number of hydrogen-bond donors (Lipinski definition) is 1. The fraction of sp³-hybridized carbons (Fsp3) is 0.478. The van der Waals surface area contributed by atoms with E-state index in [0.29, 0.717) is 32.0 Å². The van der Waals surface area contributed by atoms with Crippen LogP contribution < -0.4 is 10.6 Å². The maximum Gasteiger partial charge on any atom is 0.272 e. The lowest BCUT2D eigenvalue weighted by molar-refractivity contribution is 0.0766. The average Bonchev–Trinajstić information content (AvgIpc) is 2.83. The van der Waals surface area contributed by atoms with Gasteiger partial charge in [0, 0.05) is 32.2 Å². The summed E-state index contributed by atoms with van der Waals surface area (Å²) in [6.45, 7) is 8.11. The van der Waals surface area contributed by atoms with Crippen LogP contribution in [0.25, 0.3) is 0 Å². The van der Waals surface area contributed by atoms with E-state index in [1.165, 1.54) is 25.5 Å². The number of alkyl halides is 2. The smallest absolute Gasteiger partial charge is 0.272 e. The Bertz CT molecular complexity index is 910. The molecular formula is C23H31F3N6O2. The maximum atomic E-state index is 14.6. The molecule has 8 nitrogen and oxygen atoms in total. The van der Waals surface area contributed by atoms with E-state index in [-0.39, 0.29) is 17.3 Å². The number of hydrogen-bond acceptors (Lipinski definition) is 8. The highest BCUT2D eigenvalue weighted by Crippen LogP contribution is 2.46. The third-order valence-corrected chi connectivity index (χ3v) is 5.45. The molecular weight excluding hydrogens is 449 g/mol. The van der Waals surface area contributed by atoms with Crippen molar-refractivity contribution < 1.29 is 22.6 Å². The molecule has 0 unspecified atom stereocenters. The van der Waals surface area contributed by atoms with Crippen LogP contribution in [0.5, 0.6) is 0 Å². The first kappa shape index (κ1) is 27.2. The Balaban J connectivity index is 0.00000199. The van der Waals surface area contributed by atoms with Crippen molar-refractivity contribution in [2.24, 2.45) is 25.9 Å². The van der Waals surface area contributed by atoms with Gasteiger partial charge in [-0.25, -0.2) is 13.2 Å². The highest BCUT2D eigenvalue weighted by Gasteiger charge is 2.39. The molecule has 1 aliphatic carbocycles. The monoisotopic (exact) mass is 480 g/mol. The van der Waals surface area contributed by atoms with E-state index < -0.39 is 18.6 Å². The lowest BCUT2D eigenvalue weighted by Gasteiger charge is -2.39. The Morgan fingerprint density at radius 2 is 1.97 bits per heavy atom. The van der Waals surface area contributed by atoms with Crippen molar-refractivity contribution in [2.45, 2.75) is 31.2 Å². The number of anilines is 1. The van der Waals surface area contributed by atoms with Gasteiger partial charge in [0.2, 0.25) is 5.90 Å². The minimum Gasteiger partial charge on any atom is -0.470 e. The number of halogens is 3. The summed E-state index contributed by atoms with van der Waals surface area (Å²) < 4.78 is 50.2. The van der Waals surface area contributed by atoms with Crippen LogP contribution in [0.2, 0.25) is 0 Å². The van der Waals surface area contributed by atoms with E-state index in [2.05, 4.69) is 34.4 Å². The molecule has 0 spiro atoms. The van der Waals surface area contributed by atoms with E-state index >= 15 is 0 Å². The average molecular weight is 481 g/mol. The largest absolute Gasteiger partial charge is 0.470 e. The second-order valence-electron chi connectivity index (χ2n) is 7.42. The molecule has 3 rings (SSSR count). The summed E-state index contributed by atoms with van der Waals surface area (Å²) in [5.41, 5.74) is 5.57. The summed E-state index contributed by atoms with van der Waals surface area (Å²) in [6.07, 6.45) is 2.55. The summed E-state index contributed by atoms with van der Waals surface area (Å²) in [6, 6.07) is 5.02. The first-order chi connectivity index (χ1) is 16.5. The molecule has 0 aromatic heterocycles. The molecule has 1 aliphatic heterocycles. The molecule has 2 aliphatic rings. The zero-order valence-corrected chi connectivity index (χ0v) is 19.3. The topological polar surface area (TPSA) is 97.2 Å². The SMILES string of the molecule is C=N/C=C(C=NC1(c2ccc(F)c(N3CCOCC3)c2)CCC1)/C(=N/N=C)OCC(F)F.CN. The number of ether oxygens (including phenoxy) is 2. The van der Waals surface area contributed by atoms with Crippen molar-refractivity contribution in [3.63, 3.8) is 0 Å². The fourth-order valence-electron chi connectivity index (χ4n) is 3.66. The van der Waals surface area contributed by atoms with Gasteiger partial charge in [-0.2, -0.15) is 5.10 Å². The zero-order chi connectivity index (χ0) is 25.0. The molecule has 0 amide bonds. The third kappa shape index (κ3) is 6.97. The first-order valence-electron chi connectivity index (χ1n) is 10.9. The fourth-order valence-corrected chi connectivity index (χ4v) is 3.66. The van der Waals surface area contributed by atoms with Crippen LogP contribution in [0.3, 0.4) is 0 Å². The van der Waals surface area contributed by atoms with Gasteiger partial charge in [0.1, 0.15) is 5.82 Å². The molecule has 0 bridgehead atoms. The Hall–Kier alpha value is -3.05. The number of aliphatic imine (C=N–C) groups is 2. The van der Waals surface area contributed by atoms with Crippen LogP contribution in [0.1, 0.15) is 24.8 Å². The summed E-state index contributed by atoms with van der Waals surface area (Å²) in [5.74, 6) is -0.476. The minimum absolute atomic E-state index is 0.181. The van der Waals surface area contributed by atoms with Gasteiger partial charge in [-0.15, -0.1) is 5.10 Å². The van der Waals surface area contributed by atoms with E-state index in [1.807, 2.05) is 11.0 Å². The molecule has 1 saturated carbocycles. The molecule has 1 aromatic carbocycles. The zero-order valence-electron chi connectivity index (χ0n) is 19.3. The second-order valence-corrected chi connectivity index (χ2v) is 7.42. The highest BCUT2D eigenvalue weighted by molar-refractivity contribution is 6.12. The maximum absolute atomic E-state index is 14.6. The van der Waals surface area contributed by atoms with Gasteiger partial charge >= 0.3 is 0 Å². The van der Waals surface area contributed by atoms with Crippen molar-refractivity contribution >= 4 is 31.2 Å². The van der Waals surface area contributed by atoms with Crippen molar-refractivity contribution in [1.82, 2.24) is 0 Å². The van der Waals surface area contributed by atoms with Gasteiger partial charge in [-0.3, -0.25) is 9.98 Å². The summed E-state index contributed by atoms with van der Waals surface area (Å²) in [4.78, 5) is 10.4. The predicted octanol–water partition coefficient (Wildman–Crippen LogP) is 3.57. The Morgan fingerprint density at radius 1 is 1.26 bits per heavy atom. The summed E-state index contributed by atoms with van der Waals surface area (Å²) in [7, 11) is 1.50. The van der Waals surface area contributed by atoms with E-state index in [9.17, 15) is 13.2 Å². The van der Waals surface area contributed by atoms with Gasteiger partial charge < -0.3 is 20.1 Å². The number of nitrogens with zero attached hydrogens (tertiary/aromatic N) is 5. The summed E-state index contributed by atoms with van der Waals surface area (Å²) in [5, 5.41) is 7.05. The Kier molecular flexibility index (Phi) is 10.9. The van der Waals surface area contributed by atoms with Crippen molar-refractivity contribution in [2.75, 3.05) is 44.9 Å². The summed E-state index contributed by atoms with van der Waals surface area (Å²) >= 11 is 0. The standard InChI is InChI=1S/C22H26F3N5O2.CH5N/c1-26-13-16(21(29-27-2)32-15-20(24)25)14-28-22(6-3-7-22)17-4-5-18(23)19(12-17)30-8-10-31-11-9-30;1-2/h4-5,12-14,20H,1-3,6-11,15H2;2H2,1H3/b16-13+,28-14?,29-21-;. The number of rotatable bonds is 9. The number of nitrogens with two attached hydrogens (primary N) is 1. The molecule has 1 saturated heterocycles. The Labute approximate surface area is 197 Å². The predicted molar refractivity (Wildman–Crippen MR) is 130 cm³/mol. The van der Waals surface area contributed by atoms with Crippen LogP contribution in [0.4, 0.5) is 18.9 Å². The van der Waals surface area contributed by atoms with Gasteiger partial charge in [0.15, 0.2) is 6.61 Å². The van der Waals surface area contributed by atoms with E-state index in [0.717, 1.165) is 24.8 Å². The molecule has 1 aromatic rings. The van der Waals surface area contributed by atoms with Crippen LogP contribution >= 0.6 is 0 Å². The van der Waals surface area contributed by atoms with E-state index in [1.54, 1.807) is 6.07 Å². The molecule has 186 valence electrons. The molecule has 0 radical (unpaired) electrons. The number of benzene rings is 1. The minimum atomic E-state index is -2.68. The number of morpholine rings is 1. The van der Waals surface area contributed by atoms with Crippen molar-refractivity contribution in [3.05, 3.63) is 41.4 Å². The van der Waals surface area contributed by atoms with Crippen molar-refractivity contribution in [3.8, 4) is 0 Å². The molecule has 2 fully saturated rings. The van der Waals surface area contributed by atoms with Gasteiger partial charge in [0.25, 0.3) is 6.43 Å². The lowest BCUT2D eigenvalue weighted by Crippen LogP contribution is -2.37. The molecule has 34 heavy (non-hydrogen) atoms. The molecule has 2 N–H and O–H groups in total. The Morgan fingerprint density at radius 3 is 2.53 bits per heavy atom. The highest BCUT2D eigenvalue weighted by atomic mass is 19.3. The van der Waals surface area contributed by atoms with Crippen molar-refractivity contribution in [1.29, 1.82) is 0 Å². The molecule has 11 heteroatoms. The van der Waals surface area contributed by atoms with Crippen LogP contribution in [0, 0.1) is 5.82 Å². The first-order valence-corrected chi connectivity index (χ1v) is 10.9. The van der Waals surface area contributed by atoms with E-state index in [4.69, 9.17) is 14.5 Å². The second kappa shape index (κ2) is 13.6. The molecule has 1 heterocycles. The van der Waals surface area contributed by atoms with Crippen LogP contribution in [0.15, 0.2) is 50.2 Å². The quantitative estimate of drug-likeness (QED) is 0.332. The van der Waals surface area contributed by atoms with Crippen LogP contribution in [-0.4, -0.2) is 71.9 Å². The lowest BCUT2D eigenvalue weighted by atomic mass is 9.72. The molecule has 0 atom stereocenters. The van der Waals surface area contributed by atoms with Gasteiger partial charge in [0.05, 0.1) is 30.0 Å². The van der Waals surface area contributed by atoms with Gasteiger partial charge in [-0.1, -0.05) is 6.07 Å².